The minimum Gasteiger partial charge on any atom is -0.370 e. The molecular formula is C21H27F5N4O2. The number of nitrogens with two attached hydrogens (primary N) is 1. The van der Waals surface area contributed by atoms with Crippen LogP contribution in [-0.2, 0) is 22.6 Å². The van der Waals surface area contributed by atoms with Gasteiger partial charge in [0.15, 0.2) is 0 Å². The average molecular weight is 462 g/mol. The van der Waals surface area contributed by atoms with Gasteiger partial charge in [0.1, 0.15) is 5.82 Å². The molecule has 178 valence electrons. The number of alkyl halides is 5. The Balaban J connectivity index is 0.000000837. The molecule has 2 amide bonds. The highest BCUT2D eigenvalue weighted by Crippen LogP contribution is 2.37. The first-order valence-corrected chi connectivity index (χ1v) is 10.3. The van der Waals surface area contributed by atoms with Crippen LogP contribution in [0.4, 0.5) is 22.0 Å². The van der Waals surface area contributed by atoms with Gasteiger partial charge in [-0.25, -0.2) is 13.8 Å². The van der Waals surface area contributed by atoms with Gasteiger partial charge >= 0.3 is 6.18 Å². The number of benzene rings is 1. The van der Waals surface area contributed by atoms with E-state index in [-0.39, 0.29) is 31.2 Å². The van der Waals surface area contributed by atoms with Crippen molar-refractivity contribution in [3.05, 3.63) is 29.6 Å². The number of fused-ring (bicyclic) bond motifs is 1. The largest absolute Gasteiger partial charge is 0.389 e. The lowest BCUT2D eigenvalue weighted by atomic mass is 9.84. The van der Waals surface area contributed by atoms with Crippen molar-refractivity contribution in [1.29, 1.82) is 0 Å². The van der Waals surface area contributed by atoms with Gasteiger partial charge in [-0.2, -0.15) is 13.2 Å². The number of nitrogens with zero attached hydrogens (tertiary/aromatic N) is 1. The van der Waals surface area contributed by atoms with Crippen molar-refractivity contribution < 1.29 is 31.5 Å². The van der Waals surface area contributed by atoms with Gasteiger partial charge in [-0.3, -0.25) is 9.59 Å². The standard InChI is InChI=1S/C19H22F5N3O.C2H5NO/c20-18(21)6-1-2-12(10-18)9-16-26-14-4-3-13(8-15(14)27-16)11-25-17(28)5-7-19(22,23)24;1-2(3)4/h3-4,8,12H,1-2,5-7,9-11H2,(H,25,28)(H,26,27);1H3,(H2,3,4). The summed E-state index contributed by atoms with van der Waals surface area (Å²) in [7, 11) is 0. The second-order valence-electron chi connectivity index (χ2n) is 8.06. The molecule has 0 saturated heterocycles. The molecule has 1 aliphatic carbocycles. The number of primary amides is 1. The predicted molar refractivity (Wildman–Crippen MR) is 109 cm³/mol. The summed E-state index contributed by atoms with van der Waals surface area (Å²) in [5, 5.41) is 2.46. The van der Waals surface area contributed by atoms with Crippen LogP contribution in [0.2, 0.25) is 0 Å². The number of nitrogens with one attached hydrogen (secondary N) is 2. The first-order valence-electron chi connectivity index (χ1n) is 10.3. The van der Waals surface area contributed by atoms with E-state index in [1.807, 2.05) is 0 Å². The zero-order valence-electron chi connectivity index (χ0n) is 17.7. The van der Waals surface area contributed by atoms with Gasteiger partial charge in [-0.05, 0) is 36.5 Å². The Morgan fingerprint density at radius 1 is 1.31 bits per heavy atom. The zero-order valence-corrected chi connectivity index (χ0v) is 17.7. The number of H-pyrrole nitrogens is 1. The fourth-order valence-electron chi connectivity index (χ4n) is 3.58. The fraction of sp³-hybridized carbons (Fsp3) is 0.571. The summed E-state index contributed by atoms with van der Waals surface area (Å²) < 4.78 is 63.5. The zero-order chi connectivity index (χ0) is 23.9. The molecule has 6 nitrogen and oxygen atoms in total. The molecule has 2 aromatic rings. The van der Waals surface area contributed by atoms with E-state index in [1.54, 1.807) is 18.2 Å². The van der Waals surface area contributed by atoms with Gasteiger partial charge < -0.3 is 16.0 Å². The number of halogens is 5. The van der Waals surface area contributed by atoms with Crippen LogP contribution in [0.15, 0.2) is 18.2 Å². The fourth-order valence-corrected chi connectivity index (χ4v) is 3.58. The number of imidazole rings is 1. The predicted octanol–water partition coefficient (Wildman–Crippen LogP) is 4.38. The average Bonchev–Trinajstić information content (AvgIpc) is 3.04. The number of carbonyl (C=O) groups is 2. The van der Waals surface area contributed by atoms with Crippen molar-refractivity contribution in [2.75, 3.05) is 0 Å². The van der Waals surface area contributed by atoms with Gasteiger partial charge in [-0.15, -0.1) is 0 Å². The van der Waals surface area contributed by atoms with Crippen molar-refractivity contribution in [2.45, 2.75) is 70.5 Å². The van der Waals surface area contributed by atoms with Crippen LogP contribution in [-0.4, -0.2) is 33.9 Å². The molecule has 1 saturated carbocycles. The van der Waals surface area contributed by atoms with Crippen molar-refractivity contribution in [1.82, 2.24) is 15.3 Å². The van der Waals surface area contributed by atoms with Crippen molar-refractivity contribution >= 4 is 22.8 Å². The monoisotopic (exact) mass is 462 g/mol. The van der Waals surface area contributed by atoms with Crippen molar-refractivity contribution in [3.8, 4) is 0 Å². The minimum atomic E-state index is -4.36. The number of rotatable bonds is 6. The summed E-state index contributed by atoms with van der Waals surface area (Å²) in [6, 6.07) is 5.22. The molecule has 3 rings (SSSR count). The van der Waals surface area contributed by atoms with Crippen LogP contribution in [0.25, 0.3) is 11.0 Å². The van der Waals surface area contributed by atoms with E-state index in [2.05, 4.69) is 21.0 Å². The highest BCUT2D eigenvalue weighted by atomic mass is 19.4. The molecule has 1 fully saturated rings. The summed E-state index contributed by atoms with van der Waals surface area (Å²) >= 11 is 0. The van der Waals surface area contributed by atoms with Crippen LogP contribution in [0.5, 0.6) is 0 Å². The van der Waals surface area contributed by atoms with Gasteiger partial charge in [0.2, 0.25) is 17.7 Å². The van der Waals surface area contributed by atoms with Crippen molar-refractivity contribution in [3.63, 3.8) is 0 Å². The number of carbonyl (C=O) groups excluding carboxylic acids is 2. The lowest BCUT2D eigenvalue weighted by Crippen LogP contribution is -2.27. The topological polar surface area (TPSA) is 101 Å². The van der Waals surface area contributed by atoms with Gasteiger partial charge in [0, 0.05) is 39.2 Å². The number of aromatic amines is 1. The number of aromatic nitrogens is 2. The molecule has 0 spiro atoms. The molecule has 1 aromatic heterocycles. The molecule has 11 heteroatoms. The summed E-state index contributed by atoms with van der Waals surface area (Å²) in [5.74, 6) is -3.08. The SMILES string of the molecule is CC(N)=O.O=C(CCC(F)(F)F)NCc1ccc2nc(CC3CCCC(F)(F)C3)[nH]c2c1. The number of hydrogen-bond acceptors (Lipinski definition) is 3. The van der Waals surface area contributed by atoms with E-state index in [1.165, 1.54) is 6.92 Å². The van der Waals surface area contributed by atoms with Crippen LogP contribution in [0.1, 0.15) is 56.8 Å². The number of amides is 2. The van der Waals surface area contributed by atoms with E-state index < -0.39 is 30.8 Å². The molecule has 0 aliphatic heterocycles. The molecule has 1 heterocycles. The number of hydrogen-bond donors (Lipinski definition) is 3. The van der Waals surface area contributed by atoms with Crippen LogP contribution >= 0.6 is 0 Å². The molecule has 4 N–H and O–H groups in total. The van der Waals surface area contributed by atoms with Crippen LogP contribution < -0.4 is 11.1 Å². The third kappa shape index (κ3) is 9.19. The Morgan fingerprint density at radius 2 is 2.00 bits per heavy atom. The smallest absolute Gasteiger partial charge is 0.370 e. The highest BCUT2D eigenvalue weighted by Gasteiger charge is 2.36. The molecule has 32 heavy (non-hydrogen) atoms. The molecule has 1 aromatic carbocycles. The van der Waals surface area contributed by atoms with Crippen molar-refractivity contribution in [2.24, 2.45) is 11.7 Å². The lowest BCUT2D eigenvalue weighted by Gasteiger charge is -2.28. The summed E-state index contributed by atoms with van der Waals surface area (Å²) in [5.41, 5.74) is 6.58. The van der Waals surface area contributed by atoms with E-state index in [9.17, 15) is 31.5 Å². The Labute approximate surface area is 182 Å². The summed E-state index contributed by atoms with van der Waals surface area (Å²) in [6.45, 7) is 1.41. The van der Waals surface area contributed by atoms with Gasteiger partial charge in [0.25, 0.3) is 0 Å². The Bertz CT molecular complexity index is 923. The van der Waals surface area contributed by atoms with Crippen LogP contribution in [0, 0.1) is 5.92 Å². The second kappa shape index (κ2) is 10.7. The lowest BCUT2D eigenvalue weighted by molar-refractivity contribution is -0.144. The molecule has 0 radical (unpaired) electrons. The maximum absolute atomic E-state index is 13.6. The van der Waals surface area contributed by atoms with Gasteiger partial charge in [0.05, 0.1) is 17.5 Å². The first-order chi connectivity index (χ1) is 14.8. The van der Waals surface area contributed by atoms with E-state index in [4.69, 9.17) is 0 Å². The molecule has 1 atom stereocenters. The molecular weight excluding hydrogens is 435 g/mol. The summed E-state index contributed by atoms with van der Waals surface area (Å²) in [4.78, 5) is 28.3. The summed E-state index contributed by atoms with van der Waals surface area (Å²) in [6.07, 6.45) is -4.58. The van der Waals surface area contributed by atoms with E-state index in [0.29, 0.717) is 35.3 Å². The minimum absolute atomic E-state index is 0.0539. The third-order valence-corrected chi connectivity index (χ3v) is 4.94. The molecule has 1 unspecified atom stereocenters. The van der Waals surface area contributed by atoms with Crippen LogP contribution in [0.3, 0.4) is 0 Å². The van der Waals surface area contributed by atoms with E-state index >= 15 is 0 Å². The van der Waals surface area contributed by atoms with E-state index in [0.717, 1.165) is 6.42 Å². The maximum atomic E-state index is 13.6. The molecule has 0 bridgehead atoms. The third-order valence-electron chi connectivity index (χ3n) is 4.94. The Kier molecular flexibility index (Phi) is 8.57. The second-order valence-corrected chi connectivity index (χ2v) is 8.06. The Hall–Kier alpha value is -2.72. The quantitative estimate of drug-likeness (QED) is 0.556. The molecule has 1 aliphatic rings. The Morgan fingerprint density at radius 3 is 2.62 bits per heavy atom. The highest BCUT2D eigenvalue weighted by molar-refractivity contribution is 5.77. The van der Waals surface area contributed by atoms with Gasteiger partial charge in [-0.1, -0.05) is 6.07 Å². The normalized spacial score (nSPS) is 18.0. The first kappa shape index (κ1) is 25.5. The maximum Gasteiger partial charge on any atom is 0.389 e.